The molecule has 0 saturated heterocycles. The fourth-order valence-electron chi connectivity index (χ4n) is 2.77. The average molecular weight is 387 g/mol. The van der Waals surface area contributed by atoms with Crippen molar-refractivity contribution in [3.63, 3.8) is 0 Å². The summed E-state index contributed by atoms with van der Waals surface area (Å²) in [5.74, 6) is -0.832. The molecule has 2 amide bonds. The number of aromatic amines is 1. The van der Waals surface area contributed by atoms with Gasteiger partial charge < -0.3 is 19.8 Å². The second-order valence-electron chi connectivity index (χ2n) is 6.10. The number of esters is 1. The minimum Gasteiger partial charge on any atom is -0.462 e. The van der Waals surface area contributed by atoms with Crippen molar-refractivity contribution in [3.8, 4) is 0 Å². The summed E-state index contributed by atoms with van der Waals surface area (Å²) in [7, 11) is 1.60. The SMILES string of the molecule is CCOC(=O)c1c(C)[nH]c(C(=O)Nc2ccc(N(C)C(=O)OCC)cc2)c1C. The van der Waals surface area contributed by atoms with Crippen LogP contribution < -0.4 is 10.2 Å². The first-order chi connectivity index (χ1) is 13.3. The van der Waals surface area contributed by atoms with Gasteiger partial charge in [0.2, 0.25) is 0 Å². The van der Waals surface area contributed by atoms with Crippen LogP contribution in [0.4, 0.5) is 16.2 Å². The first-order valence-corrected chi connectivity index (χ1v) is 8.98. The van der Waals surface area contributed by atoms with Crippen LogP contribution in [0.1, 0.15) is 46.0 Å². The van der Waals surface area contributed by atoms with Gasteiger partial charge in [-0.2, -0.15) is 0 Å². The number of nitrogens with one attached hydrogen (secondary N) is 2. The van der Waals surface area contributed by atoms with Crippen LogP contribution in [0.25, 0.3) is 0 Å². The third kappa shape index (κ3) is 4.51. The predicted molar refractivity (Wildman–Crippen MR) is 106 cm³/mol. The highest BCUT2D eigenvalue weighted by Crippen LogP contribution is 2.22. The quantitative estimate of drug-likeness (QED) is 0.737. The number of aromatic nitrogens is 1. The van der Waals surface area contributed by atoms with E-state index in [2.05, 4.69) is 10.3 Å². The second-order valence-corrected chi connectivity index (χ2v) is 6.10. The number of hydrogen-bond acceptors (Lipinski definition) is 5. The van der Waals surface area contributed by atoms with Crippen LogP contribution in [-0.4, -0.2) is 43.2 Å². The van der Waals surface area contributed by atoms with E-state index in [0.29, 0.717) is 40.5 Å². The van der Waals surface area contributed by atoms with Crippen LogP contribution in [0.15, 0.2) is 24.3 Å². The number of nitrogens with zero attached hydrogens (tertiary/aromatic N) is 1. The summed E-state index contributed by atoms with van der Waals surface area (Å²) in [4.78, 5) is 40.8. The molecule has 150 valence electrons. The van der Waals surface area contributed by atoms with E-state index in [9.17, 15) is 14.4 Å². The van der Waals surface area contributed by atoms with Gasteiger partial charge in [-0.15, -0.1) is 0 Å². The van der Waals surface area contributed by atoms with E-state index in [0.717, 1.165) is 0 Å². The Balaban J connectivity index is 2.14. The van der Waals surface area contributed by atoms with Crippen molar-refractivity contribution in [2.24, 2.45) is 0 Å². The lowest BCUT2D eigenvalue weighted by atomic mass is 10.1. The molecular weight excluding hydrogens is 362 g/mol. The zero-order chi connectivity index (χ0) is 20.8. The Morgan fingerprint density at radius 1 is 1.04 bits per heavy atom. The molecule has 2 aromatic rings. The fourth-order valence-corrected chi connectivity index (χ4v) is 2.77. The van der Waals surface area contributed by atoms with Gasteiger partial charge >= 0.3 is 12.1 Å². The Labute approximate surface area is 163 Å². The van der Waals surface area contributed by atoms with E-state index in [1.54, 1.807) is 59.0 Å². The smallest absolute Gasteiger partial charge is 0.413 e. The molecule has 0 aliphatic heterocycles. The fraction of sp³-hybridized carbons (Fsp3) is 0.350. The number of carbonyl (C=O) groups is 3. The van der Waals surface area contributed by atoms with Crippen molar-refractivity contribution in [2.45, 2.75) is 27.7 Å². The molecule has 1 heterocycles. The monoisotopic (exact) mass is 387 g/mol. The zero-order valence-corrected chi connectivity index (χ0v) is 16.7. The molecule has 2 N–H and O–H groups in total. The number of anilines is 2. The molecule has 0 fully saturated rings. The van der Waals surface area contributed by atoms with E-state index in [1.165, 1.54) is 4.90 Å². The minimum absolute atomic E-state index is 0.261. The molecule has 0 aliphatic rings. The lowest BCUT2D eigenvalue weighted by Gasteiger charge is -2.16. The molecule has 8 heteroatoms. The van der Waals surface area contributed by atoms with Gasteiger partial charge in [-0.1, -0.05) is 0 Å². The summed E-state index contributed by atoms with van der Waals surface area (Å²) < 4.78 is 9.99. The summed E-state index contributed by atoms with van der Waals surface area (Å²) in [6, 6.07) is 6.76. The van der Waals surface area contributed by atoms with Gasteiger partial charge in [-0.05, 0) is 57.5 Å². The molecule has 0 unspecified atom stereocenters. The van der Waals surface area contributed by atoms with Crippen molar-refractivity contribution < 1.29 is 23.9 Å². The van der Waals surface area contributed by atoms with Crippen molar-refractivity contribution in [1.82, 2.24) is 4.98 Å². The van der Waals surface area contributed by atoms with E-state index in [4.69, 9.17) is 9.47 Å². The van der Waals surface area contributed by atoms with E-state index < -0.39 is 12.1 Å². The number of carbonyl (C=O) groups excluding carboxylic acids is 3. The van der Waals surface area contributed by atoms with Gasteiger partial charge in [0.1, 0.15) is 5.69 Å². The number of H-pyrrole nitrogens is 1. The van der Waals surface area contributed by atoms with E-state index in [1.807, 2.05) is 0 Å². The van der Waals surface area contributed by atoms with Crippen LogP contribution in [0, 0.1) is 13.8 Å². The van der Waals surface area contributed by atoms with Crippen LogP contribution in [0.2, 0.25) is 0 Å². The molecule has 0 saturated carbocycles. The molecule has 0 bridgehead atoms. The molecule has 8 nitrogen and oxygen atoms in total. The number of hydrogen-bond donors (Lipinski definition) is 2. The summed E-state index contributed by atoms with van der Waals surface area (Å²) in [6.45, 7) is 7.43. The Morgan fingerprint density at radius 3 is 2.21 bits per heavy atom. The third-order valence-corrected chi connectivity index (χ3v) is 4.20. The van der Waals surface area contributed by atoms with E-state index >= 15 is 0 Å². The number of benzene rings is 1. The topological polar surface area (TPSA) is 101 Å². The molecule has 0 atom stereocenters. The van der Waals surface area contributed by atoms with Gasteiger partial charge in [0, 0.05) is 24.1 Å². The standard InChI is InChI=1S/C20H25N3O5/c1-6-27-19(25)16-12(3)17(21-13(16)4)18(24)22-14-8-10-15(11-9-14)23(5)20(26)28-7-2/h8-11,21H,6-7H2,1-5H3,(H,22,24). The van der Waals surface area contributed by atoms with Gasteiger partial charge in [-0.25, -0.2) is 9.59 Å². The van der Waals surface area contributed by atoms with Crippen LogP contribution in [0.5, 0.6) is 0 Å². The first kappa shape index (κ1) is 21.0. The van der Waals surface area contributed by atoms with Gasteiger partial charge in [0.05, 0.1) is 18.8 Å². The van der Waals surface area contributed by atoms with Crippen LogP contribution >= 0.6 is 0 Å². The predicted octanol–water partition coefficient (Wildman–Crippen LogP) is 3.65. The number of amides is 2. The normalized spacial score (nSPS) is 10.3. The second kappa shape index (κ2) is 9.07. The molecule has 2 rings (SSSR count). The summed E-state index contributed by atoms with van der Waals surface area (Å²) in [5.41, 5.74) is 2.97. The zero-order valence-electron chi connectivity index (χ0n) is 16.7. The summed E-state index contributed by atoms with van der Waals surface area (Å²) in [6.07, 6.45) is -0.455. The van der Waals surface area contributed by atoms with Crippen molar-refractivity contribution in [1.29, 1.82) is 0 Å². The number of aryl methyl sites for hydroxylation is 1. The molecule has 0 spiro atoms. The van der Waals surface area contributed by atoms with Crippen molar-refractivity contribution in [3.05, 3.63) is 46.8 Å². The largest absolute Gasteiger partial charge is 0.462 e. The van der Waals surface area contributed by atoms with Crippen molar-refractivity contribution >= 4 is 29.3 Å². The van der Waals surface area contributed by atoms with Gasteiger partial charge in [-0.3, -0.25) is 9.69 Å². The summed E-state index contributed by atoms with van der Waals surface area (Å²) >= 11 is 0. The Morgan fingerprint density at radius 2 is 1.64 bits per heavy atom. The van der Waals surface area contributed by atoms with E-state index in [-0.39, 0.29) is 12.5 Å². The highest BCUT2D eigenvalue weighted by atomic mass is 16.6. The maximum absolute atomic E-state index is 12.6. The first-order valence-electron chi connectivity index (χ1n) is 8.98. The third-order valence-electron chi connectivity index (χ3n) is 4.20. The maximum Gasteiger partial charge on any atom is 0.413 e. The lowest BCUT2D eigenvalue weighted by molar-refractivity contribution is 0.0525. The average Bonchev–Trinajstić information content (AvgIpc) is 2.96. The highest BCUT2D eigenvalue weighted by molar-refractivity contribution is 6.07. The molecule has 1 aromatic heterocycles. The maximum atomic E-state index is 12.6. The van der Waals surface area contributed by atoms with Crippen LogP contribution in [0.3, 0.4) is 0 Å². The summed E-state index contributed by atoms with van der Waals surface area (Å²) in [5, 5.41) is 2.77. The molecule has 28 heavy (non-hydrogen) atoms. The Kier molecular flexibility index (Phi) is 6.81. The Bertz CT molecular complexity index is 871. The molecular formula is C20H25N3O5. The number of rotatable bonds is 6. The molecule has 0 radical (unpaired) electrons. The molecule has 1 aromatic carbocycles. The van der Waals surface area contributed by atoms with Gasteiger partial charge in [0.25, 0.3) is 5.91 Å². The van der Waals surface area contributed by atoms with Crippen LogP contribution in [-0.2, 0) is 9.47 Å². The Hall–Kier alpha value is -3.29. The minimum atomic E-state index is -0.459. The van der Waals surface area contributed by atoms with Gasteiger partial charge in [0.15, 0.2) is 0 Å². The highest BCUT2D eigenvalue weighted by Gasteiger charge is 2.23. The van der Waals surface area contributed by atoms with Crippen molar-refractivity contribution in [2.75, 3.05) is 30.5 Å². The molecule has 0 aliphatic carbocycles. The number of ether oxygens (including phenoxy) is 2. The lowest BCUT2D eigenvalue weighted by Crippen LogP contribution is -2.26.